The molecular formula is C19H30N2O2. The van der Waals surface area contributed by atoms with Gasteiger partial charge in [0.15, 0.2) is 0 Å². The van der Waals surface area contributed by atoms with Crippen molar-refractivity contribution in [3.05, 3.63) is 23.8 Å². The molecule has 0 aliphatic carbocycles. The Morgan fingerprint density at radius 3 is 2.74 bits per heavy atom. The van der Waals surface area contributed by atoms with E-state index in [1.807, 2.05) is 12.1 Å². The molecule has 128 valence electrons. The number of benzene rings is 1. The summed E-state index contributed by atoms with van der Waals surface area (Å²) in [5, 5.41) is 3.11. The summed E-state index contributed by atoms with van der Waals surface area (Å²) in [6, 6.07) is 5.91. The number of likely N-dealkylation sites (N-methyl/N-ethyl adjacent to an activating group) is 1. The van der Waals surface area contributed by atoms with Crippen molar-refractivity contribution in [2.24, 2.45) is 0 Å². The quantitative estimate of drug-likeness (QED) is 0.791. The number of carbonyl (C=O) groups excluding carboxylic acids is 1. The fraction of sp³-hybridized carbons (Fsp3) is 0.632. The number of rotatable bonds is 8. The number of hydrogen-bond acceptors (Lipinski definition) is 3. The number of ether oxygens (including phenoxy) is 1. The predicted molar refractivity (Wildman–Crippen MR) is 95.1 cm³/mol. The number of carbonyl (C=O) groups is 1. The topological polar surface area (TPSA) is 41.6 Å². The van der Waals surface area contributed by atoms with Gasteiger partial charge in [-0.25, -0.2) is 0 Å². The zero-order valence-electron chi connectivity index (χ0n) is 14.9. The molecular weight excluding hydrogens is 288 g/mol. The van der Waals surface area contributed by atoms with E-state index in [1.165, 1.54) is 5.56 Å². The van der Waals surface area contributed by atoms with E-state index < -0.39 is 0 Å². The molecule has 1 heterocycles. The van der Waals surface area contributed by atoms with Crippen LogP contribution in [0.2, 0.25) is 0 Å². The van der Waals surface area contributed by atoms with E-state index in [1.54, 1.807) is 0 Å². The molecule has 0 bridgehead atoms. The van der Waals surface area contributed by atoms with Crippen LogP contribution in [0.25, 0.3) is 0 Å². The highest BCUT2D eigenvalue weighted by atomic mass is 16.5. The molecule has 0 fully saturated rings. The van der Waals surface area contributed by atoms with Gasteiger partial charge in [0.25, 0.3) is 0 Å². The van der Waals surface area contributed by atoms with Crippen LogP contribution in [0.15, 0.2) is 18.2 Å². The third kappa shape index (κ3) is 4.47. The number of unbranched alkanes of at least 4 members (excludes halogenated alkanes) is 1. The van der Waals surface area contributed by atoms with E-state index in [0.29, 0.717) is 0 Å². The molecule has 4 heteroatoms. The van der Waals surface area contributed by atoms with Gasteiger partial charge in [-0.1, -0.05) is 33.6 Å². The van der Waals surface area contributed by atoms with E-state index in [4.69, 9.17) is 4.74 Å². The van der Waals surface area contributed by atoms with Crippen molar-refractivity contribution in [2.45, 2.75) is 65.5 Å². The van der Waals surface area contributed by atoms with E-state index >= 15 is 0 Å². The van der Waals surface area contributed by atoms with Gasteiger partial charge in [0, 0.05) is 12.1 Å². The van der Waals surface area contributed by atoms with Gasteiger partial charge in [-0.3, -0.25) is 9.69 Å². The minimum absolute atomic E-state index is 0.0478. The average molecular weight is 318 g/mol. The molecule has 2 atom stereocenters. The fourth-order valence-electron chi connectivity index (χ4n) is 3.27. The van der Waals surface area contributed by atoms with Crippen LogP contribution >= 0.6 is 0 Å². The van der Waals surface area contributed by atoms with Crippen molar-refractivity contribution in [2.75, 3.05) is 18.4 Å². The Kier molecular flexibility index (Phi) is 6.46. The Morgan fingerprint density at radius 2 is 2.09 bits per heavy atom. The van der Waals surface area contributed by atoms with Gasteiger partial charge in [0.2, 0.25) is 5.91 Å². The number of anilines is 1. The van der Waals surface area contributed by atoms with Crippen molar-refractivity contribution in [1.29, 1.82) is 0 Å². The molecule has 0 saturated heterocycles. The van der Waals surface area contributed by atoms with Crippen LogP contribution in [0.5, 0.6) is 5.75 Å². The molecule has 23 heavy (non-hydrogen) atoms. The van der Waals surface area contributed by atoms with Crippen molar-refractivity contribution in [3.8, 4) is 5.75 Å². The summed E-state index contributed by atoms with van der Waals surface area (Å²) in [6.45, 7) is 10.3. The second-order valence-corrected chi connectivity index (χ2v) is 6.32. The number of fused-ring (bicyclic) bond motifs is 1. The van der Waals surface area contributed by atoms with Crippen LogP contribution in [0.3, 0.4) is 0 Å². The van der Waals surface area contributed by atoms with Crippen LogP contribution in [0, 0.1) is 0 Å². The molecule has 2 rings (SSSR count). The summed E-state index contributed by atoms with van der Waals surface area (Å²) in [7, 11) is 0. The predicted octanol–water partition coefficient (Wildman–Crippen LogP) is 3.85. The highest BCUT2D eigenvalue weighted by Gasteiger charge is 2.24. The number of hydrogen-bond donors (Lipinski definition) is 1. The van der Waals surface area contributed by atoms with Crippen molar-refractivity contribution in [3.63, 3.8) is 0 Å². The molecule has 1 amide bonds. The second-order valence-electron chi connectivity index (χ2n) is 6.32. The van der Waals surface area contributed by atoms with Crippen molar-refractivity contribution >= 4 is 11.6 Å². The maximum atomic E-state index is 12.8. The summed E-state index contributed by atoms with van der Waals surface area (Å²) in [6.07, 6.45) is 4.23. The highest BCUT2D eigenvalue weighted by Crippen LogP contribution is 2.31. The summed E-state index contributed by atoms with van der Waals surface area (Å²) in [4.78, 5) is 15.0. The summed E-state index contributed by atoms with van der Waals surface area (Å²) >= 11 is 0. The maximum absolute atomic E-state index is 12.8. The van der Waals surface area contributed by atoms with Crippen molar-refractivity contribution < 1.29 is 9.53 Å². The van der Waals surface area contributed by atoms with Crippen LogP contribution < -0.4 is 10.1 Å². The zero-order valence-corrected chi connectivity index (χ0v) is 14.9. The summed E-state index contributed by atoms with van der Waals surface area (Å²) < 4.78 is 5.72. The Balaban J connectivity index is 2.07. The van der Waals surface area contributed by atoms with Gasteiger partial charge in [0.05, 0.1) is 6.04 Å². The van der Waals surface area contributed by atoms with Gasteiger partial charge < -0.3 is 10.1 Å². The first-order valence-electron chi connectivity index (χ1n) is 8.93. The lowest BCUT2D eigenvalue weighted by Gasteiger charge is -2.28. The normalized spacial score (nSPS) is 17.7. The lowest BCUT2D eigenvalue weighted by Crippen LogP contribution is -2.44. The number of amides is 1. The standard InChI is InChI=1S/C19H30N2O2/c1-5-8-9-17(21(6-2)7-3)19(22)20-16-10-11-18-15(13-16)12-14(4)23-18/h10-11,13-14,17H,5-9,12H2,1-4H3,(H,20,22)/t14-,17+/m1/s1. The third-order valence-electron chi connectivity index (χ3n) is 4.55. The largest absolute Gasteiger partial charge is 0.490 e. The van der Waals surface area contributed by atoms with Crippen LogP contribution in [-0.4, -0.2) is 36.0 Å². The molecule has 0 spiro atoms. The van der Waals surface area contributed by atoms with Gasteiger partial charge in [-0.15, -0.1) is 0 Å². The monoisotopic (exact) mass is 318 g/mol. The molecule has 0 radical (unpaired) electrons. The zero-order chi connectivity index (χ0) is 16.8. The van der Waals surface area contributed by atoms with Crippen LogP contribution in [-0.2, 0) is 11.2 Å². The molecule has 0 aromatic heterocycles. The van der Waals surface area contributed by atoms with Crippen LogP contribution in [0.4, 0.5) is 5.69 Å². The number of nitrogens with zero attached hydrogens (tertiary/aromatic N) is 1. The first-order chi connectivity index (χ1) is 11.1. The Morgan fingerprint density at radius 1 is 1.35 bits per heavy atom. The van der Waals surface area contributed by atoms with E-state index in [-0.39, 0.29) is 18.1 Å². The molecule has 4 nitrogen and oxygen atoms in total. The van der Waals surface area contributed by atoms with Gasteiger partial charge in [0.1, 0.15) is 11.9 Å². The fourth-order valence-corrected chi connectivity index (χ4v) is 3.27. The van der Waals surface area contributed by atoms with E-state index in [0.717, 1.165) is 50.2 Å². The molecule has 1 aliphatic heterocycles. The van der Waals surface area contributed by atoms with Gasteiger partial charge >= 0.3 is 0 Å². The lowest BCUT2D eigenvalue weighted by molar-refractivity contribution is -0.121. The molecule has 1 aliphatic rings. The minimum atomic E-state index is -0.0478. The highest BCUT2D eigenvalue weighted by molar-refractivity contribution is 5.95. The SMILES string of the molecule is CCCC[C@@H](C(=O)Nc1ccc2c(c1)C[C@@H](C)O2)N(CC)CC. The maximum Gasteiger partial charge on any atom is 0.241 e. The van der Waals surface area contributed by atoms with E-state index in [2.05, 4.69) is 44.0 Å². The molecule has 1 N–H and O–H groups in total. The first kappa shape index (κ1) is 17.8. The summed E-state index contributed by atoms with van der Waals surface area (Å²) in [5.41, 5.74) is 2.06. The third-order valence-corrected chi connectivity index (χ3v) is 4.55. The van der Waals surface area contributed by atoms with Crippen molar-refractivity contribution in [1.82, 2.24) is 4.90 Å². The van der Waals surface area contributed by atoms with Gasteiger partial charge in [-0.2, -0.15) is 0 Å². The molecule has 0 unspecified atom stereocenters. The molecule has 0 saturated carbocycles. The average Bonchev–Trinajstić information content (AvgIpc) is 2.90. The number of nitrogens with one attached hydrogen (secondary N) is 1. The Labute approximate surface area is 140 Å². The second kappa shape index (κ2) is 8.34. The lowest BCUT2D eigenvalue weighted by atomic mass is 10.1. The molecule has 1 aromatic carbocycles. The Hall–Kier alpha value is -1.55. The smallest absolute Gasteiger partial charge is 0.241 e. The Bertz CT molecular complexity index is 526. The van der Waals surface area contributed by atoms with Crippen LogP contribution in [0.1, 0.15) is 52.5 Å². The summed E-state index contributed by atoms with van der Waals surface area (Å²) in [5.74, 6) is 1.05. The van der Waals surface area contributed by atoms with Gasteiger partial charge in [-0.05, 0) is 50.2 Å². The minimum Gasteiger partial charge on any atom is -0.490 e. The molecule has 1 aromatic rings. The first-order valence-corrected chi connectivity index (χ1v) is 8.93. The van der Waals surface area contributed by atoms with E-state index in [9.17, 15) is 4.79 Å².